The van der Waals surface area contributed by atoms with Gasteiger partial charge < -0.3 is 5.73 Å². The van der Waals surface area contributed by atoms with Crippen LogP contribution in [0.5, 0.6) is 0 Å². The number of benzene rings is 1. The third-order valence-electron chi connectivity index (χ3n) is 1.84. The fourth-order valence-electron chi connectivity index (χ4n) is 1.22. The van der Waals surface area contributed by atoms with E-state index in [9.17, 15) is 4.79 Å². The summed E-state index contributed by atoms with van der Waals surface area (Å²) in [4.78, 5) is 12.3. The highest BCUT2D eigenvalue weighted by Gasteiger charge is 2.20. The zero-order valence-electron chi connectivity index (χ0n) is 6.78. The molecule has 0 aromatic heterocycles. The van der Waals surface area contributed by atoms with E-state index in [2.05, 4.69) is 4.72 Å². The van der Waals surface area contributed by atoms with Crippen LogP contribution in [0.3, 0.4) is 0 Å². The third-order valence-corrected chi connectivity index (χ3v) is 2.71. The quantitative estimate of drug-likeness (QED) is 0.478. The summed E-state index contributed by atoms with van der Waals surface area (Å²) in [5.74, 6) is -0.133. The van der Waals surface area contributed by atoms with Crippen LogP contribution >= 0.6 is 11.9 Å². The minimum absolute atomic E-state index is 0.133. The van der Waals surface area contributed by atoms with Crippen LogP contribution in [0.25, 0.3) is 5.57 Å². The van der Waals surface area contributed by atoms with Gasteiger partial charge in [-0.05, 0) is 18.0 Å². The number of nitrogens with two attached hydrogens (primary N) is 1. The zero-order chi connectivity index (χ0) is 9.26. The molecule has 0 saturated heterocycles. The van der Waals surface area contributed by atoms with Crippen LogP contribution < -0.4 is 10.5 Å². The Labute approximate surface area is 80.1 Å². The van der Waals surface area contributed by atoms with Crippen molar-refractivity contribution in [1.29, 1.82) is 0 Å². The Bertz CT molecular complexity index is 387. The Morgan fingerprint density at radius 1 is 1.38 bits per heavy atom. The molecule has 1 aromatic rings. The van der Waals surface area contributed by atoms with Crippen LogP contribution in [-0.4, -0.2) is 5.91 Å². The first-order valence-electron chi connectivity index (χ1n) is 3.81. The standard InChI is InChI=1S/C9H8N2OS/c10-5-7-6-3-1-2-4-8(6)13-11-9(7)12/h1-5H,10H2,(H,11,12). The molecule has 0 radical (unpaired) electrons. The molecule has 0 unspecified atom stereocenters. The first-order chi connectivity index (χ1) is 6.33. The summed E-state index contributed by atoms with van der Waals surface area (Å²) in [5, 5.41) is 0. The lowest BCUT2D eigenvalue weighted by Crippen LogP contribution is -2.22. The van der Waals surface area contributed by atoms with E-state index in [1.807, 2.05) is 24.3 Å². The van der Waals surface area contributed by atoms with Crippen molar-refractivity contribution in [1.82, 2.24) is 4.72 Å². The Kier molecular flexibility index (Phi) is 1.98. The molecule has 0 saturated carbocycles. The van der Waals surface area contributed by atoms with Crippen molar-refractivity contribution in [3.05, 3.63) is 36.0 Å². The summed E-state index contributed by atoms with van der Waals surface area (Å²) >= 11 is 1.32. The molecule has 4 heteroatoms. The SMILES string of the molecule is NC=C1C(=O)NSc2ccccc21. The van der Waals surface area contributed by atoms with Gasteiger partial charge in [-0.15, -0.1) is 0 Å². The molecular weight excluding hydrogens is 184 g/mol. The van der Waals surface area contributed by atoms with Gasteiger partial charge in [0.15, 0.2) is 0 Å². The molecule has 0 fully saturated rings. The maximum atomic E-state index is 11.3. The van der Waals surface area contributed by atoms with E-state index in [1.54, 1.807) is 0 Å². The summed E-state index contributed by atoms with van der Waals surface area (Å²) in [6, 6.07) is 7.65. The maximum Gasteiger partial charge on any atom is 0.263 e. The van der Waals surface area contributed by atoms with Crippen molar-refractivity contribution >= 4 is 23.4 Å². The second-order valence-electron chi connectivity index (χ2n) is 2.61. The van der Waals surface area contributed by atoms with E-state index in [1.165, 1.54) is 18.1 Å². The van der Waals surface area contributed by atoms with Crippen LogP contribution in [0.4, 0.5) is 0 Å². The van der Waals surface area contributed by atoms with E-state index >= 15 is 0 Å². The molecule has 66 valence electrons. The Morgan fingerprint density at radius 2 is 2.15 bits per heavy atom. The average molecular weight is 192 g/mol. The van der Waals surface area contributed by atoms with E-state index < -0.39 is 0 Å². The highest BCUT2D eigenvalue weighted by atomic mass is 32.2. The molecule has 1 aliphatic rings. The molecule has 1 heterocycles. The van der Waals surface area contributed by atoms with Crippen molar-refractivity contribution in [3.63, 3.8) is 0 Å². The van der Waals surface area contributed by atoms with E-state index in [-0.39, 0.29) is 5.91 Å². The number of nitrogens with one attached hydrogen (secondary N) is 1. The van der Waals surface area contributed by atoms with E-state index in [4.69, 9.17) is 5.73 Å². The summed E-state index contributed by atoms with van der Waals surface area (Å²) in [6.07, 6.45) is 1.34. The summed E-state index contributed by atoms with van der Waals surface area (Å²) in [6.45, 7) is 0. The Balaban J connectivity index is 2.58. The summed E-state index contributed by atoms with van der Waals surface area (Å²) in [5.41, 5.74) is 6.81. The third kappa shape index (κ3) is 1.29. The van der Waals surface area contributed by atoms with Crippen molar-refractivity contribution in [2.75, 3.05) is 0 Å². The van der Waals surface area contributed by atoms with Gasteiger partial charge >= 0.3 is 0 Å². The lowest BCUT2D eigenvalue weighted by Gasteiger charge is -2.17. The molecule has 13 heavy (non-hydrogen) atoms. The zero-order valence-corrected chi connectivity index (χ0v) is 7.60. The van der Waals surface area contributed by atoms with Gasteiger partial charge in [0.2, 0.25) is 0 Å². The van der Waals surface area contributed by atoms with Gasteiger partial charge in [-0.1, -0.05) is 18.2 Å². The van der Waals surface area contributed by atoms with Crippen LogP contribution in [0.1, 0.15) is 5.56 Å². The predicted octanol–water partition coefficient (Wildman–Crippen LogP) is 1.12. The monoisotopic (exact) mass is 192 g/mol. The molecule has 3 nitrogen and oxygen atoms in total. The summed E-state index contributed by atoms with van der Waals surface area (Å²) in [7, 11) is 0. The van der Waals surface area contributed by atoms with Crippen LogP contribution in [-0.2, 0) is 4.79 Å². The van der Waals surface area contributed by atoms with Crippen molar-refractivity contribution < 1.29 is 4.79 Å². The van der Waals surface area contributed by atoms with Crippen LogP contribution in [0.2, 0.25) is 0 Å². The van der Waals surface area contributed by atoms with Crippen LogP contribution in [0.15, 0.2) is 35.4 Å². The second kappa shape index (κ2) is 3.14. The van der Waals surface area contributed by atoms with Crippen molar-refractivity contribution in [2.24, 2.45) is 5.73 Å². The molecule has 1 aromatic carbocycles. The van der Waals surface area contributed by atoms with Gasteiger partial charge in [0.1, 0.15) is 0 Å². The van der Waals surface area contributed by atoms with Gasteiger partial charge in [-0.3, -0.25) is 9.52 Å². The fourth-order valence-corrected chi connectivity index (χ4v) is 1.97. The number of amides is 1. The minimum Gasteiger partial charge on any atom is -0.404 e. The number of rotatable bonds is 0. The highest BCUT2D eigenvalue weighted by Crippen LogP contribution is 2.30. The molecule has 0 spiro atoms. The van der Waals surface area contributed by atoms with Gasteiger partial charge in [-0.25, -0.2) is 0 Å². The normalized spacial score (nSPS) is 18.2. The number of hydrogen-bond acceptors (Lipinski definition) is 3. The average Bonchev–Trinajstić information content (AvgIpc) is 2.18. The predicted molar refractivity (Wildman–Crippen MR) is 52.6 cm³/mol. The summed E-state index contributed by atoms with van der Waals surface area (Å²) < 4.78 is 2.67. The first-order valence-corrected chi connectivity index (χ1v) is 4.63. The molecule has 0 atom stereocenters. The Morgan fingerprint density at radius 3 is 2.92 bits per heavy atom. The molecule has 0 aliphatic carbocycles. The molecule has 1 aliphatic heterocycles. The van der Waals surface area contributed by atoms with Crippen molar-refractivity contribution in [2.45, 2.75) is 4.90 Å². The van der Waals surface area contributed by atoms with Crippen LogP contribution in [0, 0.1) is 0 Å². The highest BCUT2D eigenvalue weighted by molar-refractivity contribution is 7.98. The number of fused-ring (bicyclic) bond motifs is 1. The molecule has 0 bridgehead atoms. The lowest BCUT2D eigenvalue weighted by molar-refractivity contribution is -0.113. The topological polar surface area (TPSA) is 55.1 Å². The van der Waals surface area contributed by atoms with Gasteiger partial charge in [0.25, 0.3) is 5.91 Å². The smallest absolute Gasteiger partial charge is 0.263 e. The Hall–Kier alpha value is -1.42. The van der Waals surface area contributed by atoms with Gasteiger partial charge in [0, 0.05) is 16.7 Å². The second-order valence-corrected chi connectivity index (χ2v) is 3.46. The molecule has 2 rings (SSSR count). The van der Waals surface area contributed by atoms with Crippen molar-refractivity contribution in [3.8, 4) is 0 Å². The molecule has 1 amide bonds. The van der Waals surface area contributed by atoms with Gasteiger partial charge in [0.05, 0.1) is 5.57 Å². The minimum atomic E-state index is -0.133. The molecular formula is C9H8N2OS. The molecule has 3 N–H and O–H groups in total. The van der Waals surface area contributed by atoms with E-state index in [0.717, 1.165) is 10.5 Å². The lowest BCUT2D eigenvalue weighted by atomic mass is 10.1. The largest absolute Gasteiger partial charge is 0.404 e. The number of hydrogen-bond donors (Lipinski definition) is 2. The van der Waals surface area contributed by atoms with Gasteiger partial charge in [-0.2, -0.15) is 0 Å². The maximum absolute atomic E-state index is 11.3. The fraction of sp³-hybridized carbons (Fsp3) is 0. The number of carbonyl (C=O) groups is 1. The number of carbonyl (C=O) groups excluding carboxylic acids is 1. The van der Waals surface area contributed by atoms with E-state index in [0.29, 0.717) is 5.57 Å². The first kappa shape index (κ1) is 8.19.